The highest BCUT2D eigenvalue weighted by molar-refractivity contribution is 6.02. The van der Waals surface area contributed by atoms with Gasteiger partial charge in [-0.25, -0.2) is 14.4 Å². The van der Waals surface area contributed by atoms with Crippen LogP contribution in [-0.4, -0.2) is 15.9 Å². The van der Waals surface area contributed by atoms with Gasteiger partial charge in [0.05, 0.1) is 12.4 Å². The van der Waals surface area contributed by atoms with E-state index in [2.05, 4.69) is 20.6 Å². The SMILES string of the molecule is Cc1cccc(C)c1Nc1cnc(C(=O)Nc2cccc(F)c2)cn1. The monoisotopic (exact) mass is 336 g/mol. The van der Waals surface area contributed by atoms with Gasteiger partial charge < -0.3 is 10.6 Å². The summed E-state index contributed by atoms with van der Waals surface area (Å²) in [4.78, 5) is 20.5. The predicted octanol–water partition coefficient (Wildman–Crippen LogP) is 4.23. The molecule has 2 N–H and O–H groups in total. The average Bonchev–Trinajstić information content (AvgIpc) is 2.59. The lowest BCUT2D eigenvalue weighted by Crippen LogP contribution is -2.14. The summed E-state index contributed by atoms with van der Waals surface area (Å²) in [5.41, 5.74) is 3.67. The van der Waals surface area contributed by atoms with E-state index in [9.17, 15) is 9.18 Å². The van der Waals surface area contributed by atoms with Crippen molar-refractivity contribution in [3.8, 4) is 0 Å². The molecule has 0 spiro atoms. The maximum absolute atomic E-state index is 13.2. The van der Waals surface area contributed by atoms with E-state index in [0.29, 0.717) is 11.5 Å². The Labute approximate surface area is 145 Å². The molecule has 0 aliphatic rings. The molecule has 1 aromatic heterocycles. The topological polar surface area (TPSA) is 66.9 Å². The molecule has 0 bridgehead atoms. The van der Waals surface area contributed by atoms with E-state index < -0.39 is 11.7 Å². The normalized spacial score (nSPS) is 10.4. The Morgan fingerprint density at radius 2 is 1.72 bits per heavy atom. The zero-order valence-electron chi connectivity index (χ0n) is 13.9. The van der Waals surface area contributed by atoms with Gasteiger partial charge in [0.15, 0.2) is 0 Å². The predicted molar refractivity (Wildman–Crippen MR) is 95.6 cm³/mol. The highest BCUT2D eigenvalue weighted by Gasteiger charge is 2.10. The Bertz CT molecular complexity index is 889. The molecule has 6 heteroatoms. The minimum Gasteiger partial charge on any atom is -0.339 e. The third-order valence-electron chi connectivity index (χ3n) is 3.70. The summed E-state index contributed by atoms with van der Waals surface area (Å²) in [5.74, 6) is -0.325. The lowest BCUT2D eigenvalue weighted by atomic mass is 10.1. The fourth-order valence-electron chi connectivity index (χ4n) is 2.41. The van der Waals surface area contributed by atoms with Crippen LogP contribution < -0.4 is 10.6 Å². The van der Waals surface area contributed by atoms with Crippen molar-refractivity contribution in [2.75, 3.05) is 10.6 Å². The number of amides is 1. The van der Waals surface area contributed by atoms with Crippen molar-refractivity contribution in [3.63, 3.8) is 0 Å². The minimum atomic E-state index is -0.447. The van der Waals surface area contributed by atoms with Crippen LogP contribution in [0.1, 0.15) is 21.6 Å². The fraction of sp³-hybridized carbons (Fsp3) is 0.105. The quantitative estimate of drug-likeness (QED) is 0.748. The first-order valence-corrected chi connectivity index (χ1v) is 7.75. The van der Waals surface area contributed by atoms with Gasteiger partial charge >= 0.3 is 0 Å². The van der Waals surface area contributed by atoms with Crippen molar-refractivity contribution in [2.24, 2.45) is 0 Å². The largest absolute Gasteiger partial charge is 0.339 e. The van der Waals surface area contributed by atoms with Crippen molar-refractivity contribution in [2.45, 2.75) is 13.8 Å². The van der Waals surface area contributed by atoms with Gasteiger partial charge in [-0.15, -0.1) is 0 Å². The number of nitrogens with one attached hydrogen (secondary N) is 2. The molecule has 5 nitrogen and oxygen atoms in total. The van der Waals surface area contributed by atoms with Crippen LogP contribution >= 0.6 is 0 Å². The molecule has 1 amide bonds. The Morgan fingerprint density at radius 1 is 1.00 bits per heavy atom. The average molecular weight is 336 g/mol. The summed E-state index contributed by atoms with van der Waals surface area (Å²) in [6.07, 6.45) is 2.87. The second-order valence-electron chi connectivity index (χ2n) is 5.64. The first kappa shape index (κ1) is 16.6. The highest BCUT2D eigenvalue weighted by Crippen LogP contribution is 2.22. The van der Waals surface area contributed by atoms with Crippen LogP contribution in [0.25, 0.3) is 0 Å². The molecule has 126 valence electrons. The summed E-state index contributed by atoms with van der Waals surface area (Å²) >= 11 is 0. The maximum Gasteiger partial charge on any atom is 0.275 e. The number of anilines is 3. The number of aromatic nitrogens is 2. The van der Waals surface area contributed by atoms with Crippen molar-refractivity contribution < 1.29 is 9.18 Å². The molecule has 2 aromatic carbocycles. The van der Waals surface area contributed by atoms with E-state index in [0.717, 1.165) is 16.8 Å². The number of rotatable bonds is 4. The summed E-state index contributed by atoms with van der Waals surface area (Å²) in [6.45, 7) is 4.01. The molecular formula is C19H17FN4O. The van der Waals surface area contributed by atoms with Crippen molar-refractivity contribution in [3.05, 3.63) is 77.5 Å². The summed E-state index contributed by atoms with van der Waals surface area (Å²) in [7, 11) is 0. The molecular weight excluding hydrogens is 319 g/mol. The number of halogens is 1. The van der Waals surface area contributed by atoms with Crippen LogP contribution in [0.4, 0.5) is 21.6 Å². The van der Waals surface area contributed by atoms with E-state index in [1.165, 1.54) is 30.6 Å². The molecule has 0 atom stereocenters. The highest BCUT2D eigenvalue weighted by atomic mass is 19.1. The van der Waals surface area contributed by atoms with Gasteiger partial charge in [0, 0.05) is 11.4 Å². The molecule has 3 aromatic rings. The number of benzene rings is 2. The van der Waals surface area contributed by atoms with Crippen LogP contribution in [0.5, 0.6) is 0 Å². The number of carbonyl (C=O) groups excluding carboxylic acids is 1. The molecule has 1 heterocycles. The third-order valence-corrected chi connectivity index (χ3v) is 3.70. The number of hydrogen-bond donors (Lipinski definition) is 2. The molecule has 0 fully saturated rings. The van der Waals surface area contributed by atoms with E-state index >= 15 is 0 Å². The Hall–Kier alpha value is -3.28. The zero-order chi connectivity index (χ0) is 17.8. The lowest BCUT2D eigenvalue weighted by Gasteiger charge is -2.11. The molecule has 0 saturated heterocycles. The summed E-state index contributed by atoms with van der Waals surface area (Å²) in [6, 6.07) is 11.7. The van der Waals surface area contributed by atoms with Gasteiger partial charge in [-0.3, -0.25) is 4.79 Å². The molecule has 0 aliphatic heterocycles. The smallest absolute Gasteiger partial charge is 0.275 e. The van der Waals surface area contributed by atoms with E-state index in [1.807, 2.05) is 32.0 Å². The Morgan fingerprint density at radius 3 is 2.36 bits per heavy atom. The van der Waals surface area contributed by atoms with Crippen LogP contribution in [0.3, 0.4) is 0 Å². The fourth-order valence-corrected chi connectivity index (χ4v) is 2.41. The van der Waals surface area contributed by atoms with E-state index in [4.69, 9.17) is 0 Å². The number of aryl methyl sites for hydroxylation is 2. The lowest BCUT2D eigenvalue weighted by molar-refractivity contribution is 0.102. The van der Waals surface area contributed by atoms with Crippen molar-refractivity contribution in [1.82, 2.24) is 9.97 Å². The second-order valence-corrected chi connectivity index (χ2v) is 5.64. The van der Waals surface area contributed by atoms with Gasteiger partial charge in [-0.05, 0) is 43.2 Å². The molecule has 0 aliphatic carbocycles. The van der Waals surface area contributed by atoms with Gasteiger partial charge in [-0.1, -0.05) is 24.3 Å². The number of carbonyl (C=O) groups is 1. The van der Waals surface area contributed by atoms with Gasteiger partial charge in [-0.2, -0.15) is 0 Å². The summed E-state index contributed by atoms with van der Waals surface area (Å²) in [5, 5.41) is 5.79. The van der Waals surface area contributed by atoms with Gasteiger partial charge in [0.1, 0.15) is 17.3 Å². The second kappa shape index (κ2) is 7.09. The molecule has 25 heavy (non-hydrogen) atoms. The number of para-hydroxylation sites is 1. The van der Waals surface area contributed by atoms with Crippen LogP contribution in [-0.2, 0) is 0 Å². The molecule has 0 unspecified atom stereocenters. The third kappa shape index (κ3) is 3.98. The number of nitrogens with zero attached hydrogens (tertiary/aromatic N) is 2. The van der Waals surface area contributed by atoms with Gasteiger partial charge in [0.25, 0.3) is 5.91 Å². The maximum atomic E-state index is 13.2. The van der Waals surface area contributed by atoms with Crippen LogP contribution in [0, 0.1) is 19.7 Å². The van der Waals surface area contributed by atoms with Crippen LogP contribution in [0.15, 0.2) is 54.9 Å². The Balaban J connectivity index is 1.72. The molecule has 3 rings (SSSR count). The standard InChI is InChI=1S/C19H17FN4O/c1-12-5-3-6-13(2)18(12)24-17-11-21-16(10-22-17)19(25)23-15-8-4-7-14(20)9-15/h3-11H,1-2H3,(H,22,24)(H,23,25). The van der Waals surface area contributed by atoms with Crippen LogP contribution in [0.2, 0.25) is 0 Å². The van der Waals surface area contributed by atoms with Crippen molar-refractivity contribution in [1.29, 1.82) is 0 Å². The van der Waals surface area contributed by atoms with E-state index in [-0.39, 0.29) is 5.69 Å². The number of hydrogen-bond acceptors (Lipinski definition) is 4. The van der Waals surface area contributed by atoms with E-state index in [1.54, 1.807) is 6.07 Å². The zero-order valence-corrected chi connectivity index (χ0v) is 13.9. The minimum absolute atomic E-state index is 0.149. The molecule has 0 saturated carbocycles. The summed E-state index contributed by atoms with van der Waals surface area (Å²) < 4.78 is 13.2. The first-order chi connectivity index (χ1) is 12.0. The van der Waals surface area contributed by atoms with Gasteiger partial charge in [0.2, 0.25) is 0 Å². The molecule has 0 radical (unpaired) electrons. The van der Waals surface area contributed by atoms with Crippen molar-refractivity contribution >= 4 is 23.1 Å². The Kier molecular flexibility index (Phi) is 4.70. The first-order valence-electron chi connectivity index (χ1n) is 7.75.